The van der Waals surface area contributed by atoms with Gasteiger partial charge in [-0.2, -0.15) is 0 Å². The lowest BCUT2D eigenvalue weighted by Crippen LogP contribution is -2.14. The van der Waals surface area contributed by atoms with E-state index in [1.54, 1.807) is 18.3 Å². The van der Waals surface area contributed by atoms with Crippen molar-refractivity contribution in [1.29, 1.82) is 0 Å². The molecule has 0 radical (unpaired) electrons. The fourth-order valence-electron chi connectivity index (χ4n) is 2.70. The standard InChI is InChI=1S/C21H17N5O/c1-14-7-9-16(10-8-14)23-21(27)18-11-12-19(26-25-18)24-17-6-2-4-15-5-3-13-22-20(15)17/h2-13H,1H3,(H,23,27)(H,24,26). The van der Waals surface area contributed by atoms with Crippen LogP contribution in [0.5, 0.6) is 0 Å². The first kappa shape index (κ1) is 16.7. The third kappa shape index (κ3) is 3.74. The highest BCUT2D eigenvalue weighted by Crippen LogP contribution is 2.23. The van der Waals surface area contributed by atoms with Crippen molar-refractivity contribution in [3.8, 4) is 0 Å². The number of hydrogen-bond donors (Lipinski definition) is 2. The van der Waals surface area contributed by atoms with E-state index in [1.165, 1.54) is 0 Å². The van der Waals surface area contributed by atoms with Crippen molar-refractivity contribution in [2.24, 2.45) is 0 Å². The first-order valence-electron chi connectivity index (χ1n) is 8.51. The van der Waals surface area contributed by atoms with Crippen molar-refractivity contribution in [3.63, 3.8) is 0 Å². The molecule has 2 aromatic heterocycles. The molecule has 4 rings (SSSR count). The van der Waals surface area contributed by atoms with Crippen molar-refractivity contribution in [2.75, 3.05) is 10.6 Å². The molecule has 4 aromatic rings. The molecule has 2 heterocycles. The monoisotopic (exact) mass is 355 g/mol. The molecular formula is C21H17N5O. The van der Waals surface area contributed by atoms with Crippen LogP contribution in [0.15, 0.2) is 72.9 Å². The number of carbonyl (C=O) groups is 1. The minimum Gasteiger partial charge on any atom is -0.337 e. The lowest BCUT2D eigenvalue weighted by molar-refractivity contribution is 0.102. The Bertz CT molecular complexity index is 1090. The van der Waals surface area contributed by atoms with E-state index >= 15 is 0 Å². The molecule has 0 aliphatic heterocycles. The quantitative estimate of drug-likeness (QED) is 0.569. The summed E-state index contributed by atoms with van der Waals surface area (Å²) in [5.74, 6) is 0.241. The SMILES string of the molecule is Cc1ccc(NC(=O)c2ccc(Nc3cccc4cccnc34)nn2)cc1. The van der Waals surface area contributed by atoms with E-state index in [9.17, 15) is 4.79 Å². The van der Waals surface area contributed by atoms with Gasteiger partial charge in [0.25, 0.3) is 5.91 Å². The largest absolute Gasteiger partial charge is 0.337 e. The Hall–Kier alpha value is -3.80. The van der Waals surface area contributed by atoms with Crippen LogP contribution in [-0.4, -0.2) is 21.1 Å². The van der Waals surface area contributed by atoms with Gasteiger partial charge in [-0.3, -0.25) is 9.78 Å². The normalized spacial score (nSPS) is 10.6. The van der Waals surface area contributed by atoms with E-state index in [0.29, 0.717) is 5.82 Å². The summed E-state index contributed by atoms with van der Waals surface area (Å²) in [4.78, 5) is 16.7. The summed E-state index contributed by atoms with van der Waals surface area (Å²) >= 11 is 0. The number of amides is 1. The van der Waals surface area contributed by atoms with Gasteiger partial charge in [0.2, 0.25) is 0 Å². The zero-order valence-electron chi connectivity index (χ0n) is 14.7. The molecule has 0 spiro atoms. The third-order valence-corrected chi connectivity index (χ3v) is 4.10. The summed E-state index contributed by atoms with van der Waals surface area (Å²) < 4.78 is 0. The number of nitrogens with zero attached hydrogens (tertiary/aromatic N) is 3. The van der Waals surface area contributed by atoms with E-state index in [2.05, 4.69) is 25.8 Å². The van der Waals surface area contributed by atoms with E-state index in [1.807, 2.05) is 61.5 Å². The third-order valence-electron chi connectivity index (χ3n) is 4.10. The Kier molecular flexibility index (Phi) is 4.45. The second kappa shape index (κ2) is 7.21. The first-order valence-corrected chi connectivity index (χ1v) is 8.51. The van der Waals surface area contributed by atoms with Crippen molar-refractivity contribution in [3.05, 3.63) is 84.2 Å². The number of aryl methyl sites for hydroxylation is 1. The zero-order chi connectivity index (χ0) is 18.6. The maximum atomic E-state index is 12.3. The molecule has 0 bridgehead atoms. The lowest BCUT2D eigenvalue weighted by Gasteiger charge is -2.08. The molecule has 0 aliphatic rings. The van der Waals surface area contributed by atoms with Crippen LogP contribution in [0.2, 0.25) is 0 Å². The highest BCUT2D eigenvalue weighted by molar-refractivity contribution is 6.02. The molecule has 0 atom stereocenters. The maximum absolute atomic E-state index is 12.3. The van der Waals surface area contributed by atoms with E-state index < -0.39 is 0 Å². The Morgan fingerprint density at radius 2 is 1.70 bits per heavy atom. The van der Waals surface area contributed by atoms with Crippen molar-refractivity contribution >= 4 is 34.0 Å². The average Bonchev–Trinajstić information content (AvgIpc) is 2.70. The van der Waals surface area contributed by atoms with E-state index in [4.69, 9.17) is 0 Å². The molecule has 1 amide bonds. The molecule has 2 aromatic carbocycles. The molecule has 0 saturated carbocycles. The van der Waals surface area contributed by atoms with Crippen LogP contribution in [0.25, 0.3) is 10.9 Å². The van der Waals surface area contributed by atoms with Crippen LogP contribution in [0, 0.1) is 6.92 Å². The summed E-state index contributed by atoms with van der Waals surface area (Å²) in [5, 5.41) is 15.2. The number of benzene rings is 2. The van der Waals surface area contributed by atoms with Gasteiger partial charge < -0.3 is 10.6 Å². The van der Waals surface area contributed by atoms with Crippen molar-refractivity contribution < 1.29 is 4.79 Å². The molecule has 6 nitrogen and oxygen atoms in total. The van der Waals surface area contributed by atoms with Crippen LogP contribution in [0.4, 0.5) is 17.2 Å². The molecule has 0 saturated heterocycles. The Labute approximate surface area is 156 Å². The predicted molar refractivity (Wildman–Crippen MR) is 106 cm³/mol. The minimum absolute atomic E-state index is 0.247. The van der Waals surface area contributed by atoms with Gasteiger partial charge in [0.05, 0.1) is 11.2 Å². The zero-order valence-corrected chi connectivity index (χ0v) is 14.7. The van der Waals surface area contributed by atoms with Crippen LogP contribution in [0.3, 0.4) is 0 Å². The van der Waals surface area contributed by atoms with E-state index in [0.717, 1.165) is 27.8 Å². The van der Waals surface area contributed by atoms with Crippen LogP contribution in [-0.2, 0) is 0 Å². The van der Waals surface area contributed by atoms with Gasteiger partial charge in [-0.05, 0) is 43.3 Å². The Balaban J connectivity index is 1.50. The number of rotatable bonds is 4. The summed E-state index contributed by atoms with van der Waals surface area (Å²) in [5.41, 5.74) is 3.78. The number of anilines is 3. The number of nitrogens with one attached hydrogen (secondary N) is 2. The highest BCUT2D eigenvalue weighted by Gasteiger charge is 2.09. The smallest absolute Gasteiger partial charge is 0.276 e. The summed E-state index contributed by atoms with van der Waals surface area (Å²) in [6.45, 7) is 1.99. The maximum Gasteiger partial charge on any atom is 0.276 e. The second-order valence-electron chi connectivity index (χ2n) is 6.13. The van der Waals surface area contributed by atoms with Crippen LogP contribution < -0.4 is 10.6 Å². The van der Waals surface area contributed by atoms with Gasteiger partial charge in [-0.1, -0.05) is 35.9 Å². The fraction of sp³-hybridized carbons (Fsp3) is 0.0476. The summed E-state index contributed by atoms with van der Waals surface area (Å²) in [7, 11) is 0. The van der Waals surface area contributed by atoms with Gasteiger partial charge in [0.1, 0.15) is 0 Å². The average molecular weight is 355 g/mol. The van der Waals surface area contributed by atoms with Gasteiger partial charge >= 0.3 is 0 Å². The van der Waals surface area contributed by atoms with Crippen LogP contribution >= 0.6 is 0 Å². The minimum atomic E-state index is -0.301. The highest BCUT2D eigenvalue weighted by atomic mass is 16.1. The van der Waals surface area contributed by atoms with Gasteiger partial charge in [-0.25, -0.2) is 0 Å². The molecule has 27 heavy (non-hydrogen) atoms. The molecule has 0 unspecified atom stereocenters. The van der Waals surface area contributed by atoms with Gasteiger partial charge in [-0.15, -0.1) is 10.2 Å². The summed E-state index contributed by atoms with van der Waals surface area (Å²) in [6.07, 6.45) is 1.75. The fourth-order valence-corrected chi connectivity index (χ4v) is 2.70. The molecule has 0 fully saturated rings. The Morgan fingerprint density at radius 1 is 0.889 bits per heavy atom. The molecule has 0 aliphatic carbocycles. The van der Waals surface area contributed by atoms with Gasteiger partial charge in [0.15, 0.2) is 11.5 Å². The molecular weight excluding hydrogens is 338 g/mol. The Morgan fingerprint density at radius 3 is 2.48 bits per heavy atom. The van der Waals surface area contributed by atoms with Gasteiger partial charge in [0, 0.05) is 17.3 Å². The number of aromatic nitrogens is 3. The van der Waals surface area contributed by atoms with Crippen molar-refractivity contribution in [1.82, 2.24) is 15.2 Å². The van der Waals surface area contributed by atoms with Crippen molar-refractivity contribution in [2.45, 2.75) is 6.92 Å². The molecule has 2 N–H and O–H groups in total. The van der Waals surface area contributed by atoms with E-state index in [-0.39, 0.29) is 11.6 Å². The number of carbonyl (C=O) groups excluding carboxylic acids is 1. The molecule has 132 valence electrons. The lowest BCUT2D eigenvalue weighted by atomic mass is 10.2. The number of fused-ring (bicyclic) bond motifs is 1. The molecule has 6 heteroatoms. The summed E-state index contributed by atoms with van der Waals surface area (Å²) in [6, 6.07) is 20.7. The van der Waals surface area contributed by atoms with Crippen LogP contribution in [0.1, 0.15) is 16.1 Å². The second-order valence-corrected chi connectivity index (χ2v) is 6.13. The number of para-hydroxylation sites is 1. The number of pyridine rings is 1. The topological polar surface area (TPSA) is 79.8 Å². The number of hydrogen-bond acceptors (Lipinski definition) is 5. The first-order chi connectivity index (χ1) is 13.2. The predicted octanol–water partition coefficient (Wildman–Crippen LogP) is 4.33.